The van der Waals surface area contributed by atoms with E-state index < -0.39 is 5.60 Å². The first-order valence-electron chi connectivity index (χ1n) is 6.53. The monoisotopic (exact) mass is 242 g/mol. The summed E-state index contributed by atoms with van der Waals surface area (Å²) in [5, 5.41) is 9.98. The van der Waals surface area contributed by atoms with Crippen molar-refractivity contribution in [3.8, 4) is 12.3 Å². The van der Waals surface area contributed by atoms with Crippen molar-refractivity contribution < 1.29 is 5.11 Å². The molecule has 0 bridgehead atoms. The summed E-state index contributed by atoms with van der Waals surface area (Å²) in [7, 11) is 0. The first-order valence-corrected chi connectivity index (χ1v) is 6.97. The molecule has 0 aromatic rings. The molecule has 92 valence electrons. The Kier molecular flexibility index (Phi) is 6.24. The number of rotatable bonds is 0. The average molecular weight is 243 g/mol. The molecule has 0 heterocycles. The molecule has 0 amide bonds. The van der Waals surface area contributed by atoms with Crippen LogP contribution in [0.1, 0.15) is 64.2 Å². The first kappa shape index (κ1) is 13.9. The van der Waals surface area contributed by atoms with Crippen molar-refractivity contribution in [3.05, 3.63) is 0 Å². The molecule has 0 aliphatic heterocycles. The van der Waals surface area contributed by atoms with Crippen LogP contribution in [-0.2, 0) is 0 Å². The van der Waals surface area contributed by atoms with E-state index in [1.54, 1.807) is 0 Å². The Bertz CT molecular complexity index is 233. The van der Waals surface area contributed by atoms with Gasteiger partial charge in [0.2, 0.25) is 0 Å². The number of aliphatic hydroxyl groups is 1. The van der Waals surface area contributed by atoms with Gasteiger partial charge in [-0.25, -0.2) is 0 Å². The number of hydrogen-bond donors (Lipinski definition) is 1. The van der Waals surface area contributed by atoms with Gasteiger partial charge < -0.3 is 5.11 Å². The third kappa shape index (κ3) is 4.36. The van der Waals surface area contributed by atoms with E-state index in [2.05, 4.69) is 5.92 Å². The molecule has 1 fully saturated rings. The Hall–Kier alpha value is -0.190. The van der Waals surface area contributed by atoms with Crippen LogP contribution in [0.25, 0.3) is 0 Å². The molecule has 2 atom stereocenters. The van der Waals surface area contributed by atoms with Crippen LogP contribution in [0.15, 0.2) is 0 Å². The van der Waals surface area contributed by atoms with Crippen molar-refractivity contribution in [1.29, 1.82) is 0 Å². The third-order valence-corrected chi connectivity index (χ3v) is 4.11. The van der Waals surface area contributed by atoms with Crippen molar-refractivity contribution in [2.75, 3.05) is 0 Å². The van der Waals surface area contributed by atoms with Gasteiger partial charge >= 0.3 is 0 Å². The van der Waals surface area contributed by atoms with Crippen LogP contribution >= 0.6 is 11.6 Å². The molecular weight excluding hydrogens is 220 g/mol. The van der Waals surface area contributed by atoms with Gasteiger partial charge in [0.1, 0.15) is 5.60 Å². The Labute approximate surface area is 105 Å². The minimum atomic E-state index is -1.08. The molecule has 1 aliphatic rings. The smallest absolute Gasteiger partial charge is 0.141 e. The minimum Gasteiger partial charge on any atom is -0.376 e. The number of halogens is 1. The Morgan fingerprint density at radius 2 is 1.50 bits per heavy atom. The lowest BCUT2D eigenvalue weighted by Crippen LogP contribution is -2.37. The maximum Gasteiger partial charge on any atom is 0.141 e. The lowest BCUT2D eigenvalue weighted by molar-refractivity contribution is 0.0800. The Balaban J connectivity index is 2.51. The van der Waals surface area contributed by atoms with E-state index in [4.69, 9.17) is 18.0 Å². The van der Waals surface area contributed by atoms with Crippen molar-refractivity contribution in [2.24, 2.45) is 0 Å². The van der Waals surface area contributed by atoms with Gasteiger partial charge in [-0.1, -0.05) is 50.9 Å². The number of alkyl halides is 1. The highest BCUT2D eigenvalue weighted by atomic mass is 35.5. The quantitative estimate of drug-likeness (QED) is 0.505. The minimum absolute atomic E-state index is 0.281. The SMILES string of the molecule is C#CC1(O)CCCCCCCCCCC1Cl. The predicted molar refractivity (Wildman–Crippen MR) is 69.6 cm³/mol. The Morgan fingerprint density at radius 3 is 2.06 bits per heavy atom. The van der Waals surface area contributed by atoms with Gasteiger partial charge in [-0.15, -0.1) is 18.0 Å². The van der Waals surface area contributed by atoms with Crippen LogP contribution in [-0.4, -0.2) is 16.1 Å². The predicted octanol–water partition coefficient (Wildman–Crippen LogP) is 3.87. The molecule has 0 radical (unpaired) electrons. The van der Waals surface area contributed by atoms with Gasteiger partial charge in [-0.3, -0.25) is 0 Å². The number of terminal acetylenes is 1. The van der Waals surface area contributed by atoms with Crippen LogP contribution in [0.2, 0.25) is 0 Å². The molecular formula is C14H23ClO. The highest BCUT2D eigenvalue weighted by Gasteiger charge is 2.32. The Morgan fingerprint density at radius 1 is 1.00 bits per heavy atom. The van der Waals surface area contributed by atoms with E-state index in [0.29, 0.717) is 6.42 Å². The molecule has 0 aromatic heterocycles. The highest BCUT2D eigenvalue weighted by molar-refractivity contribution is 6.21. The summed E-state index contributed by atoms with van der Waals surface area (Å²) in [5.41, 5.74) is -1.08. The topological polar surface area (TPSA) is 20.2 Å². The lowest BCUT2D eigenvalue weighted by atomic mass is 9.89. The van der Waals surface area contributed by atoms with E-state index in [9.17, 15) is 5.11 Å². The van der Waals surface area contributed by atoms with Crippen LogP contribution < -0.4 is 0 Å². The van der Waals surface area contributed by atoms with Gasteiger partial charge in [0.15, 0.2) is 0 Å². The summed E-state index contributed by atoms with van der Waals surface area (Å²) < 4.78 is 0. The largest absolute Gasteiger partial charge is 0.376 e. The summed E-state index contributed by atoms with van der Waals surface area (Å²) in [4.78, 5) is 0. The summed E-state index contributed by atoms with van der Waals surface area (Å²) in [6, 6.07) is 0. The van der Waals surface area contributed by atoms with Gasteiger partial charge in [-0.2, -0.15) is 0 Å². The maximum absolute atomic E-state index is 10.3. The molecule has 1 rings (SSSR count). The van der Waals surface area contributed by atoms with Gasteiger partial charge in [0.25, 0.3) is 0 Å². The standard InChI is InChI=1S/C14H23ClO/c1-2-14(16)12-10-8-6-4-3-5-7-9-11-13(14)15/h1,13,16H,3-12H2. The zero-order valence-electron chi connectivity index (χ0n) is 10.1. The first-order chi connectivity index (χ1) is 7.69. The summed E-state index contributed by atoms with van der Waals surface area (Å²) in [6.07, 6.45) is 16.6. The highest BCUT2D eigenvalue weighted by Crippen LogP contribution is 2.28. The fourth-order valence-electron chi connectivity index (χ4n) is 2.34. The summed E-state index contributed by atoms with van der Waals surface area (Å²) >= 11 is 6.23. The number of hydrogen-bond acceptors (Lipinski definition) is 1. The van der Waals surface area contributed by atoms with Crippen LogP contribution in [0.5, 0.6) is 0 Å². The van der Waals surface area contributed by atoms with E-state index in [0.717, 1.165) is 25.7 Å². The van der Waals surface area contributed by atoms with Crippen LogP contribution in [0.3, 0.4) is 0 Å². The van der Waals surface area contributed by atoms with E-state index in [1.165, 1.54) is 32.1 Å². The summed E-state index contributed by atoms with van der Waals surface area (Å²) in [5.74, 6) is 2.51. The average Bonchev–Trinajstić information content (AvgIpc) is 2.29. The van der Waals surface area contributed by atoms with Crippen molar-refractivity contribution in [1.82, 2.24) is 0 Å². The molecule has 1 aliphatic carbocycles. The van der Waals surface area contributed by atoms with E-state index >= 15 is 0 Å². The normalized spacial score (nSPS) is 34.4. The molecule has 16 heavy (non-hydrogen) atoms. The molecule has 2 unspecified atom stereocenters. The van der Waals surface area contributed by atoms with E-state index in [1.807, 2.05) is 0 Å². The molecule has 1 N–H and O–H groups in total. The van der Waals surface area contributed by atoms with Gasteiger partial charge in [-0.05, 0) is 19.3 Å². The van der Waals surface area contributed by atoms with Crippen molar-refractivity contribution in [3.63, 3.8) is 0 Å². The molecule has 2 heteroatoms. The molecule has 1 nitrogen and oxygen atoms in total. The van der Waals surface area contributed by atoms with Crippen molar-refractivity contribution >= 4 is 11.6 Å². The van der Waals surface area contributed by atoms with Gasteiger partial charge in [0, 0.05) is 0 Å². The van der Waals surface area contributed by atoms with Crippen molar-refractivity contribution in [2.45, 2.75) is 75.2 Å². The fourth-order valence-corrected chi connectivity index (χ4v) is 2.66. The third-order valence-electron chi connectivity index (χ3n) is 3.53. The van der Waals surface area contributed by atoms with Crippen LogP contribution in [0.4, 0.5) is 0 Å². The zero-order chi connectivity index (χ0) is 11.9. The lowest BCUT2D eigenvalue weighted by Gasteiger charge is -2.28. The second kappa shape index (κ2) is 7.20. The zero-order valence-corrected chi connectivity index (χ0v) is 10.8. The maximum atomic E-state index is 10.3. The molecule has 0 aromatic carbocycles. The second-order valence-electron chi connectivity index (χ2n) is 4.90. The van der Waals surface area contributed by atoms with Crippen LogP contribution in [0, 0.1) is 12.3 Å². The van der Waals surface area contributed by atoms with E-state index in [-0.39, 0.29) is 5.38 Å². The molecule has 0 saturated heterocycles. The summed E-state index contributed by atoms with van der Waals surface area (Å²) in [6.45, 7) is 0. The fraction of sp³-hybridized carbons (Fsp3) is 0.857. The molecule has 0 spiro atoms. The second-order valence-corrected chi connectivity index (χ2v) is 5.43. The van der Waals surface area contributed by atoms with Gasteiger partial charge in [0.05, 0.1) is 5.38 Å². The molecule has 1 saturated carbocycles.